The van der Waals surface area contributed by atoms with Gasteiger partial charge in [0.25, 0.3) is 0 Å². The highest BCUT2D eigenvalue weighted by Gasteiger charge is 2.12. The van der Waals surface area contributed by atoms with Crippen LogP contribution in [0.3, 0.4) is 0 Å². The van der Waals surface area contributed by atoms with Crippen LogP contribution in [0.15, 0.2) is 27.3 Å². The zero-order valence-electron chi connectivity index (χ0n) is 8.93. The molecule has 0 saturated heterocycles. The highest BCUT2D eigenvalue weighted by atomic mass is 79.9. The minimum Gasteiger partial charge on any atom is -0.493 e. The van der Waals surface area contributed by atoms with Gasteiger partial charge in [0, 0.05) is 10.9 Å². The Balaban J connectivity index is 2.36. The molecule has 2 aromatic rings. The molecule has 0 aliphatic rings. The fraction of sp³-hybridized carbons (Fsp3) is 0.333. The van der Waals surface area contributed by atoms with E-state index in [-0.39, 0.29) is 0 Å². The van der Waals surface area contributed by atoms with E-state index in [1.54, 1.807) is 0 Å². The van der Waals surface area contributed by atoms with E-state index in [1.165, 1.54) is 0 Å². The number of alkyl halides is 1. The zero-order valence-corrected chi connectivity index (χ0v) is 12.1. The van der Waals surface area contributed by atoms with Gasteiger partial charge >= 0.3 is 0 Å². The van der Waals surface area contributed by atoms with Gasteiger partial charge in [0.05, 0.1) is 12.0 Å². The summed E-state index contributed by atoms with van der Waals surface area (Å²) in [4.78, 5) is 0. The Kier molecular flexibility index (Phi) is 3.92. The molecule has 4 heteroatoms. The van der Waals surface area contributed by atoms with Crippen molar-refractivity contribution in [2.45, 2.75) is 13.3 Å². The molecule has 0 saturated carbocycles. The Bertz CT molecular complexity index is 491. The maximum atomic E-state index is 5.74. The molecule has 0 aliphatic carbocycles. The number of benzene rings is 1. The molecule has 2 nitrogen and oxygen atoms in total. The zero-order chi connectivity index (χ0) is 11.5. The molecular weight excluding hydrogens is 336 g/mol. The predicted molar refractivity (Wildman–Crippen MR) is 72.6 cm³/mol. The summed E-state index contributed by atoms with van der Waals surface area (Å²) in [5.41, 5.74) is 1.95. The fourth-order valence-electron chi connectivity index (χ4n) is 1.59. The molecule has 0 atom stereocenters. The van der Waals surface area contributed by atoms with E-state index < -0.39 is 0 Å². The van der Waals surface area contributed by atoms with Crippen molar-refractivity contribution in [2.75, 3.05) is 11.9 Å². The lowest BCUT2D eigenvalue weighted by Crippen LogP contribution is -1.97. The molecule has 2 rings (SSSR count). The van der Waals surface area contributed by atoms with Gasteiger partial charge in [-0.25, -0.2) is 0 Å². The molecule has 1 aromatic heterocycles. The molecular formula is C12H12Br2O2. The van der Waals surface area contributed by atoms with Crippen molar-refractivity contribution >= 4 is 42.8 Å². The summed E-state index contributed by atoms with van der Waals surface area (Å²) in [6, 6.07) is 5.87. The van der Waals surface area contributed by atoms with Crippen LogP contribution in [0.1, 0.15) is 12.0 Å². The number of fused-ring (bicyclic) bond motifs is 1. The van der Waals surface area contributed by atoms with Gasteiger partial charge < -0.3 is 9.15 Å². The molecule has 16 heavy (non-hydrogen) atoms. The number of aryl methyl sites for hydroxylation is 1. The first-order valence-corrected chi connectivity index (χ1v) is 7.02. The van der Waals surface area contributed by atoms with Crippen LogP contribution in [-0.2, 0) is 0 Å². The van der Waals surface area contributed by atoms with E-state index in [0.29, 0.717) is 6.61 Å². The van der Waals surface area contributed by atoms with Crippen molar-refractivity contribution in [3.8, 4) is 5.75 Å². The summed E-state index contributed by atoms with van der Waals surface area (Å²) < 4.78 is 12.1. The van der Waals surface area contributed by atoms with Gasteiger partial charge in [-0.3, -0.25) is 0 Å². The van der Waals surface area contributed by atoms with Crippen LogP contribution in [0, 0.1) is 6.92 Å². The smallest absolute Gasteiger partial charge is 0.173 e. The second-order valence-electron chi connectivity index (χ2n) is 3.52. The summed E-state index contributed by atoms with van der Waals surface area (Å²) in [7, 11) is 0. The second kappa shape index (κ2) is 5.23. The van der Waals surface area contributed by atoms with Crippen LogP contribution < -0.4 is 4.74 Å². The molecule has 0 amide bonds. The maximum Gasteiger partial charge on any atom is 0.173 e. The minimum absolute atomic E-state index is 0.715. The highest BCUT2D eigenvalue weighted by molar-refractivity contribution is 9.10. The largest absolute Gasteiger partial charge is 0.493 e. The molecule has 0 unspecified atom stereocenters. The number of hydrogen-bond donors (Lipinski definition) is 0. The fourth-order valence-corrected chi connectivity index (χ4v) is 2.20. The topological polar surface area (TPSA) is 22.4 Å². The lowest BCUT2D eigenvalue weighted by atomic mass is 10.2. The average Bonchev–Trinajstić information content (AvgIpc) is 2.56. The molecule has 0 aliphatic heterocycles. The van der Waals surface area contributed by atoms with Gasteiger partial charge in [0.15, 0.2) is 4.67 Å². The average molecular weight is 348 g/mol. The standard InChI is InChI=1S/C12H12Br2O2/c1-8-11-9(15-7-3-6-13)4-2-5-10(11)16-12(8)14/h2,4-5H,3,6-7H2,1H3. The van der Waals surface area contributed by atoms with Crippen molar-refractivity contribution in [3.63, 3.8) is 0 Å². The molecule has 0 fully saturated rings. The van der Waals surface area contributed by atoms with E-state index in [9.17, 15) is 0 Å². The van der Waals surface area contributed by atoms with Gasteiger partial charge in [0.2, 0.25) is 0 Å². The second-order valence-corrected chi connectivity index (χ2v) is 5.03. The molecule has 86 valence electrons. The van der Waals surface area contributed by atoms with E-state index >= 15 is 0 Å². The van der Waals surface area contributed by atoms with Gasteiger partial charge in [-0.1, -0.05) is 22.0 Å². The van der Waals surface area contributed by atoms with Gasteiger partial charge in [-0.05, 0) is 41.4 Å². The monoisotopic (exact) mass is 346 g/mol. The summed E-state index contributed by atoms with van der Waals surface area (Å²) in [5.74, 6) is 0.894. The van der Waals surface area contributed by atoms with Crippen molar-refractivity contribution in [3.05, 3.63) is 28.4 Å². The first-order chi connectivity index (χ1) is 7.74. The van der Waals surface area contributed by atoms with Gasteiger partial charge in [0.1, 0.15) is 11.3 Å². The number of rotatable bonds is 4. The lowest BCUT2D eigenvalue weighted by Gasteiger charge is -2.06. The van der Waals surface area contributed by atoms with E-state index in [1.807, 2.05) is 25.1 Å². The summed E-state index contributed by atoms with van der Waals surface area (Å²) in [6.45, 7) is 2.74. The summed E-state index contributed by atoms with van der Waals surface area (Å²) in [6.07, 6.45) is 0.995. The molecule has 1 aromatic carbocycles. The third-order valence-electron chi connectivity index (χ3n) is 2.39. The van der Waals surface area contributed by atoms with Gasteiger partial charge in [-0.2, -0.15) is 0 Å². The predicted octanol–water partition coefficient (Wildman–Crippen LogP) is 4.67. The third kappa shape index (κ3) is 2.28. The lowest BCUT2D eigenvalue weighted by molar-refractivity contribution is 0.322. The molecule has 0 bridgehead atoms. The van der Waals surface area contributed by atoms with E-state index in [4.69, 9.17) is 9.15 Å². The van der Waals surface area contributed by atoms with Crippen molar-refractivity contribution in [1.82, 2.24) is 0 Å². The van der Waals surface area contributed by atoms with Crippen molar-refractivity contribution < 1.29 is 9.15 Å². The first-order valence-electron chi connectivity index (χ1n) is 5.10. The maximum absolute atomic E-state index is 5.74. The van der Waals surface area contributed by atoms with Crippen molar-refractivity contribution in [1.29, 1.82) is 0 Å². The van der Waals surface area contributed by atoms with E-state index in [0.717, 1.165) is 38.7 Å². The summed E-state index contributed by atoms with van der Waals surface area (Å²) >= 11 is 6.78. The quantitative estimate of drug-likeness (QED) is 0.592. The third-order valence-corrected chi connectivity index (χ3v) is 3.71. The number of halogens is 2. The van der Waals surface area contributed by atoms with Crippen LogP contribution in [-0.4, -0.2) is 11.9 Å². The SMILES string of the molecule is Cc1c(Br)oc2cccc(OCCCBr)c12. The Hall–Kier alpha value is -0.480. The van der Waals surface area contributed by atoms with E-state index in [2.05, 4.69) is 31.9 Å². The molecule has 0 N–H and O–H groups in total. The highest BCUT2D eigenvalue weighted by Crippen LogP contribution is 2.35. The van der Waals surface area contributed by atoms with Crippen LogP contribution in [0.2, 0.25) is 0 Å². The van der Waals surface area contributed by atoms with Crippen LogP contribution in [0.4, 0.5) is 0 Å². The normalized spacial score (nSPS) is 10.9. The Labute approximate surface area is 111 Å². The molecule has 0 spiro atoms. The Morgan fingerprint density at radius 2 is 2.19 bits per heavy atom. The van der Waals surface area contributed by atoms with Crippen molar-refractivity contribution in [2.24, 2.45) is 0 Å². The minimum atomic E-state index is 0.715. The first kappa shape index (κ1) is 12.0. The van der Waals surface area contributed by atoms with Crippen LogP contribution >= 0.6 is 31.9 Å². The molecule has 0 radical (unpaired) electrons. The van der Waals surface area contributed by atoms with Crippen LogP contribution in [0.5, 0.6) is 5.75 Å². The summed E-state index contributed by atoms with van der Waals surface area (Å²) in [5, 5.41) is 2.01. The Morgan fingerprint density at radius 3 is 2.94 bits per heavy atom. The van der Waals surface area contributed by atoms with Gasteiger partial charge in [-0.15, -0.1) is 0 Å². The Morgan fingerprint density at radius 1 is 1.38 bits per heavy atom. The molecule has 1 heterocycles. The number of hydrogen-bond acceptors (Lipinski definition) is 2. The number of ether oxygens (including phenoxy) is 1. The van der Waals surface area contributed by atoms with Crippen LogP contribution in [0.25, 0.3) is 11.0 Å². The number of furan rings is 1.